The van der Waals surface area contributed by atoms with Gasteiger partial charge in [0.15, 0.2) is 5.11 Å². The Labute approximate surface area is 151 Å². The van der Waals surface area contributed by atoms with Crippen LogP contribution < -0.4 is 15.4 Å². The third-order valence-electron chi connectivity index (χ3n) is 3.46. The van der Waals surface area contributed by atoms with Crippen molar-refractivity contribution >= 4 is 28.7 Å². The fraction of sp³-hybridized carbons (Fsp3) is 0.0500. The molecule has 25 heavy (non-hydrogen) atoms. The van der Waals surface area contributed by atoms with Crippen LogP contribution in [0.5, 0.6) is 11.5 Å². The Bertz CT molecular complexity index is 867. The molecule has 0 aromatic heterocycles. The van der Waals surface area contributed by atoms with Crippen LogP contribution in [0.2, 0.25) is 0 Å². The van der Waals surface area contributed by atoms with Gasteiger partial charge in [0, 0.05) is 5.69 Å². The van der Waals surface area contributed by atoms with Crippen molar-refractivity contribution < 1.29 is 9.13 Å². The van der Waals surface area contributed by atoms with Crippen molar-refractivity contribution in [3.63, 3.8) is 0 Å². The summed E-state index contributed by atoms with van der Waals surface area (Å²) in [6, 6.07) is 21.9. The molecule has 0 saturated carbocycles. The Morgan fingerprint density at radius 3 is 2.24 bits per heavy atom. The molecule has 0 aliphatic carbocycles. The van der Waals surface area contributed by atoms with Gasteiger partial charge in [-0.3, -0.25) is 0 Å². The number of rotatable bonds is 4. The molecule has 0 saturated heterocycles. The normalized spacial score (nSPS) is 10.2. The van der Waals surface area contributed by atoms with Crippen LogP contribution in [0.1, 0.15) is 5.56 Å². The average molecular weight is 352 g/mol. The molecule has 3 aromatic rings. The van der Waals surface area contributed by atoms with Crippen LogP contribution in [0.4, 0.5) is 15.8 Å². The second-order valence-electron chi connectivity index (χ2n) is 5.50. The van der Waals surface area contributed by atoms with Gasteiger partial charge in [-0.1, -0.05) is 24.3 Å². The van der Waals surface area contributed by atoms with E-state index in [0.29, 0.717) is 10.8 Å². The minimum atomic E-state index is -0.337. The number of ether oxygens (including phenoxy) is 1. The third-order valence-corrected chi connectivity index (χ3v) is 3.67. The first-order valence-corrected chi connectivity index (χ1v) is 8.18. The molecule has 0 spiro atoms. The maximum absolute atomic E-state index is 13.8. The highest BCUT2D eigenvalue weighted by Gasteiger charge is 2.05. The van der Waals surface area contributed by atoms with Gasteiger partial charge < -0.3 is 15.4 Å². The highest BCUT2D eigenvalue weighted by Crippen LogP contribution is 2.23. The maximum Gasteiger partial charge on any atom is 0.175 e. The number of hydrogen-bond donors (Lipinski definition) is 2. The first-order chi connectivity index (χ1) is 12.1. The molecule has 0 atom stereocenters. The van der Waals surface area contributed by atoms with Crippen molar-refractivity contribution in [2.24, 2.45) is 0 Å². The third kappa shape index (κ3) is 4.78. The fourth-order valence-electron chi connectivity index (χ4n) is 2.24. The van der Waals surface area contributed by atoms with Gasteiger partial charge in [-0.05, 0) is 73.2 Å². The molecule has 2 N–H and O–H groups in total. The zero-order valence-corrected chi connectivity index (χ0v) is 14.4. The van der Waals surface area contributed by atoms with Gasteiger partial charge in [0.1, 0.15) is 17.3 Å². The Hall–Kier alpha value is -2.92. The van der Waals surface area contributed by atoms with Crippen LogP contribution in [-0.4, -0.2) is 5.11 Å². The lowest BCUT2D eigenvalue weighted by Gasteiger charge is -2.12. The lowest BCUT2D eigenvalue weighted by Crippen LogP contribution is -2.19. The standard InChI is InChI=1S/C20H17FN2OS/c1-14-7-12-19(18(21)13-14)23-20(25)22-15-8-10-17(11-9-15)24-16-5-3-2-4-6-16/h2-13H,1H3,(H2,22,23,25). The van der Waals surface area contributed by atoms with Crippen LogP contribution in [-0.2, 0) is 0 Å². The van der Waals surface area contributed by atoms with Crippen molar-refractivity contribution in [3.05, 3.63) is 84.2 Å². The number of hydrogen-bond acceptors (Lipinski definition) is 2. The van der Waals surface area contributed by atoms with E-state index in [1.165, 1.54) is 6.07 Å². The molecule has 5 heteroatoms. The summed E-state index contributed by atoms with van der Waals surface area (Å²) >= 11 is 5.23. The molecule has 0 heterocycles. The van der Waals surface area contributed by atoms with Crippen LogP contribution in [0.15, 0.2) is 72.8 Å². The lowest BCUT2D eigenvalue weighted by molar-refractivity contribution is 0.483. The lowest BCUT2D eigenvalue weighted by atomic mass is 10.2. The van der Waals surface area contributed by atoms with Crippen molar-refractivity contribution in [1.29, 1.82) is 0 Å². The minimum Gasteiger partial charge on any atom is -0.457 e. The topological polar surface area (TPSA) is 33.3 Å². The van der Waals surface area contributed by atoms with Crippen LogP contribution in [0, 0.1) is 12.7 Å². The van der Waals surface area contributed by atoms with Crippen molar-refractivity contribution in [3.8, 4) is 11.5 Å². The minimum absolute atomic E-state index is 0.319. The van der Waals surface area contributed by atoms with Gasteiger partial charge in [0.2, 0.25) is 0 Å². The molecule has 3 nitrogen and oxygen atoms in total. The second kappa shape index (κ2) is 7.77. The molecule has 3 rings (SSSR count). The summed E-state index contributed by atoms with van der Waals surface area (Å²) in [6.07, 6.45) is 0. The average Bonchev–Trinajstić information content (AvgIpc) is 2.60. The molecule has 0 aliphatic rings. The predicted molar refractivity (Wildman–Crippen MR) is 104 cm³/mol. The number of halogens is 1. The van der Waals surface area contributed by atoms with Gasteiger partial charge in [0.05, 0.1) is 5.69 Å². The van der Waals surface area contributed by atoms with Gasteiger partial charge in [-0.15, -0.1) is 0 Å². The van der Waals surface area contributed by atoms with Gasteiger partial charge in [0.25, 0.3) is 0 Å². The monoisotopic (exact) mass is 352 g/mol. The van der Waals surface area contributed by atoms with E-state index in [-0.39, 0.29) is 5.82 Å². The Balaban J connectivity index is 1.60. The number of para-hydroxylation sites is 1. The van der Waals surface area contributed by atoms with E-state index in [9.17, 15) is 4.39 Å². The molecule has 0 radical (unpaired) electrons. The number of anilines is 2. The molecule has 0 bridgehead atoms. The van der Waals surface area contributed by atoms with E-state index in [1.54, 1.807) is 6.07 Å². The molecular formula is C20H17FN2OS. The summed E-state index contributed by atoms with van der Waals surface area (Å²) in [5.74, 6) is 1.16. The molecule has 0 unspecified atom stereocenters. The summed E-state index contributed by atoms with van der Waals surface area (Å²) in [5, 5.41) is 6.19. The highest BCUT2D eigenvalue weighted by molar-refractivity contribution is 7.80. The first-order valence-electron chi connectivity index (χ1n) is 7.77. The molecule has 0 amide bonds. The molecule has 126 valence electrons. The highest BCUT2D eigenvalue weighted by atomic mass is 32.1. The SMILES string of the molecule is Cc1ccc(NC(=S)Nc2ccc(Oc3ccccc3)cc2)c(F)c1. The van der Waals surface area contributed by atoms with Crippen molar-refractivity contribution in [2.75, 3.05) is 10.6 Å². The summed E-state index contributed by atoms with van der Waals surface area (Å²) in [4.78, 5) is 0. The zero-order chi connectivity index (χ0) is 17.6. The number of benzene rings is 3. The summed E-state index contributed by atoms with van der Waals surface area (Å²) in [5.41, 5.74) is 1.98. The smallest absolute Gasteiger partial charge is 0.175 e. The number of nitrogens with one attached hydrogen (secondary N) is 2. The van der Waals surface area contributed by atoms with Crippen LogP contribution in [0.3, 0.4) is 0 Å². The van der Waals surface area contributed by atoms with E-state index in [2.05, 4.69) is 10.6 Å². The zero-order valence-electron chi connectivity index (χ0n) is 13.6. The Morgan fingerprint density at radius 1 is 0.880 bits per heavy atom. The van der Waals surface area contributed by atoms with E-state index in [1.807, 2.05) is 67.6 Å². The van der Waals surface area contributed by atoms with E-state index >= 15 is 0 Å². The first kappa shape index (κ1) is 16.9. The second-order valence-corrected chi connectivity index (χ2v) is 5.91. The molecular weight excluding hydrogens is 335 g/mol. The van der Waals surface area contributed by atoms with Crippen LogP contribution in [0.25, 0.3) is 0 Å². The predicted octanol–water partition coefficient (Wildman–Crippen LogP) is 5.74. The maximum atomic E-state index is 13.8. The summed E-state index contributed by atoms with van der Waals surface area (Å²) in [6.45, 7) is 1.84. The summed E-state index contributed by atoms with van der Waals surface area (Å²) < 4.78 is 19.6. The molecule has 0 fully saturated rings. The largest absolute Gasteiger partial charge is 0.457 e. The Kier molecular flexibility index (Phi) is 5.26. The van der Waals surface area contributed by atoms with E-state index in [0.717, 1.165) is 22.7 Å². The quantitative estimate of drug-likeness (QED) is 0.587. The Morgan fingerprint density at radius 2 is 1.56 bits per heavy atom. The van der Waals surface area contributed by atoms with Crippen molar-refractivity contribution in [2.45, 2.75) is 6.92 Å². The number of thiocarbonyl (C=S) groups is 1. The fourth-order valence-corrected chi connectivity index (χ4v) is 2.46. The van der Waals surface area contributed by atoms with E-state index in [4.69, 9.17) is 17.0 Å². The van der Waals surface area contributed by atoms with Gasteiger partial charge in [-0.2, -0.15) is 0 Å². The molecule has 0 aliphatic heterocycles. The van der Waals surface area contributed by atoms with Crippen molar-refractivity contribution in [1.82, 2.24) is 0 Å². The summed E-state index contributed by atoms with van der Waals surface area (Å²) in [7, 11) is 0. The van der Waals surface area contributed by atoms with Gasteiger partial charge >= 0.3 is 0 Å². The van der Waals surface area contributed by atoms with E-state index < -0.39 is 0 Å². The van der Waals surface area contributed by atoms with Gasteiger partial charge in [-0.25, -0.2) is 4.39 Å². The molecule has 3 aromatic carbocycles. The van der Waals surface area contributed by atoms with Crippen LogP contribution >= 0.6 is 12.2 Å². The number of aryl methyl sites for hydroxylation is 1.